The highest BCUT2D eigenvalue weighted by molar-refractivity contribution is 6.08. The van der Waals surface area contributed by atoms with Crippen molar-refractivity contribution >= 4 is 23.2 Å². The lowest BCUT2D eigenvalue weighted by molar-refractivity contribution is -0.116. The summed E-state index contributed by atoms with van der Waals surface area (Å²) in [5.41, 5.74) is 7.61. The fourth-order valence-electron chi connectivity index (χ4n) is 4.29. The Labute approximate surface area is 204 Å². The zero-order valence-electron chi connectivity index (χ0n) is 19.8. The summed E-state index contributed by atoms with van der Waals surface area (Å²) in [6, 6.07) is 21.7. The maximum Gasteiger partial charge on any atom is 0.251 e. The van der Waals surface area contributed by atoms with Crippen LogP contribution in [0.15, 0.2) is 79.1 Å². The minimum absolute atomic E-state index is 0.00836. The first-order chi connectivity index (χ1) is 17.0. The molecule has 1 aliphatic rings. The lowest BCUT2D eigenvalue weighted by atomic mass is 9.99. The predicted octanol–water partition coefficient (Wildman–Crippen LogP) is 5.17. The van der Waals surface area contributed by atoms with Crippen LogP contribution in [0.4, 0.5) is 11.4 Å². The number of para-hydroxylation sites is 1. The molecule has 0 bridgehead atoms. The number of aromatic nitrogens is 2. The van der Waals surface area contributed by atoms with Gasteiger partial charge in [-0.15, -0.1) is 0 Å². The highest BCUT2D eigenvalue weighted by Gasteiger charge is 2.29. The van der Waals surface area contributed by atoms with Crippen molar-refractivity contribution in [2.75, 3.05) is 4.90 Å². The number of hydrogen-bond acceptors (Lipinski definition) is 4. The number of rotatable bonds is 6. The van der Waals surface area contributed by atoms with E-state index in [2.05, 4.69) is 46.5 Å². The van der Waals surface area contributed by atoms with Crippen LogP contribution in [0.3, 0.4) is 0 Å². The third kappa shape index (κ3) is 4.68. The summed E-state index contributed by atoms with van der Waals surface area (Å²) in [7, 11) is 0. The highest BCUT2D eigenvalue weighted by Crippen LogP contribution is 2.37. The zero-order chi connectivity index (χ0) is 24.4. The molecule has 6 nitrogen and oxygen atoms in total. The smallest absolute Gasteiger partial charge is 0.251 e. The van der Waals surface area contributed by atoms with Gasteiger partial charge in [0.2, 0.25) is 5.91 Å². The molecular formula is C29H26N4O2. The molecule has 1 N–H and O–H groups in total. The lowest BCUT2D eigenvalue weighted by Crippen LogP contribution is -2.25. The van der Waals surface area contributed by atoms with E-state index in [9.17, 15) is 9.59 Å². The maximum atomic E-state index is 13.2. The van der Waals surface area contributed by atoms with E-state index >= 15 is 0 Å². The quantitative estimate of drug-likeness (QED) is 0.429. The van der Waals surface area contributed by atoms with Crippen molar-refractivity contribution in [1.29, 1.82) is 0 Å². The number of aryl methyl sites for hydroxylation is 2. The molecule has 2 amide bonds. The maximum absolute atomic E-state index is 13.2. The van der Waals surface area contributed by atoms with Crippen LogP contribution < -0.4 is 10.2 Å². The van der Waals surface area contributed by atoms with E-state index in [-0.39, 0.29) is 18.4 Å². The number of fused-ring (bicyclic) bond motifs is 1. The SMILES string of the molecule is CCc1ccc(-c2cc(C(=O)NCc3cnc(C)cn3)cc(N3C(=O)Cc4ccccc43)c2)cc1. The normalized spacial score (nSPS) is 12.5. The van der Waals surface area contributed by atoms with Gasteiger partial charge in [-0.2, -0.15) is 0 Å². The van der Waals surface area contributed by atoms with Gasteiger partial charge < -0.3 is 5.32 Å². The molecule has 1 aliphatic heterocycles. The number of carbonyl (C=O) groups is 2. The van der Waals surface area contributed by atoms with Crippen molar-refractivity contribution < 1.29 is 9.59 Å². The van der Waals surface area contributed by atoms with Gasteiger partial charge in [0.15, 0.2) is 0 Å². The molecule has 0 atom stereocenters. The van der Waals surface area contributed by atoms with Crippen LogP contribution in [0.2, 0.25) is 0 Å². The van der Waals surface area contributed by atoms with Crippen molar-refractivity contribution in [3.05, 3.63) is 107 Å². The average Bonchev–Trinajstić information content (AvgIpc) is 3.23. The molecule has 0 radical (unpaired) electrons. The van der Waals surface area contributed by atoms with Crippen molar-refractivity contribution in [3.63, 3.8) is 0 Å². The van der Waals surface area contributed by atoms with Gasteiger partial charge in [-0.25, -0.2) is 0 Å². The van der Waals surface area contributed by atoms with Crippen molar-refractivity contribution in [2.45, 2.75) is 33.2 Å². The first kappa shape index (κ1) is 22.5. The molecule has 4 aromatic rings. The summed E-state index contributed by atoms with van der Waals surface area (Å²) in [6.07, 6.45) is 4.64. The molecule has 0 unspecified atom stereocenters. The molecule has 2 heterocycles. The lowest BCUT2D eigenvalue weighted by Gasteiger charge is -2.20. The Balaban J connectivity index is 1.52. The minimum Gasteiger partial charge on any atom is -0.346 e. The van der Waals surface area contributed by atoms with E-state index in [1.165, 1.54) is 5.56 Å². The fourth-order valence-corrected chi connectivity index (χ4v) is 4.29. The van der Waals surface area contributed by atoms with E-state index in [4.69, 9.17) is 0 Å². The van der Waals surface area contributed by atoms with Crippen LogP contribution >= 0.6 is 0 Å². The number of benzene rings is 3. The van der Waals surface area contributed by atoms with Crippen LogP contribution in [-0.2, 0) is 24.2 Å². The Morgan fingerprint density at radius 1 is 0.971 bits per heavy atom. The largest absolute Gasteiger partial charge is 0.346 e. The summed E-state index contributed by atoms with van der Waals surface area (Å²) in [6.45, 7) is 4.25. The number of anilines is 2. The molecule has 0 aliphatic carbocycles. The van der Waals surface area contributed by atoms with Gasteiger partial charge in [0.25, 0.3) is 5.91 Å². The van der Waals surface area contributed by atoms with Gasteiger partial charge in [0.1, 0.15) is 0 Å². The topological polar surface area (TPSA) is 75.2 Å². The Hall–Kier alpha value is -4.32. The molecule has 6 heteroatoms. The number of nitrogens with one attached hydrogen (secondary N) is 1. The summed E-state index contributed by atoms with van der Waals surface area (Å²) >= 11 is 0. The molecule has 0 spiro atoms. The molecule has 0 saturated heterocycles. The molecule has 1 aromatic heterocycles. The number of carbonyl (C=O) groups excluding carboxylic acids is 2. The summed E-state index contributed by atoms with van der Waals surface area (Å²) in [5.74, 6) is -0.244. The fraction of sp³-hybridized carbons (Fsp3) is 0.172. The second-order valence-corrected chi connectivity index (χ2v) is 8.69. The van der Waals surface area contributed by atoms with Gasteiger partial charge in [0.05, 0.1) is 41.9 Å². The monoisotopic (exact) mass is 462 g/mol. The third-order valence-electron chi connectivity index (χ3n) is 6.22. The van der Waals surface area contributed by atoms with Gasteiger partial charge in [0, 0.05) is 11.8 Å². The number of hydrogen-bond donors (Lipinski definition) is 1. The Kier molecular flexibility index (Phi) is 6.10. The Morgan fingerprint density at radius 3 is 2.51 bits per heavy atom. The van der Waals surface area contributed by atoms with Gasteiger partial charge in [-0.3, -0.25) is 24.5 Å². The standard InChI is InChI=1S/C29H26N4O2/c1-3-20-8-10-21(11-9-20)23-12-24(29(35)32-18-25-17-30-19(2)16-31-25)14-26(13-23)33-27-7-5-4-6-22(27)15-28(33)34/h4-14,16-17H,3,15,18H2,1-2H3,(H,32,35). The van der Waals surface area contributed by atoms with Gasteiger partial charge in [-0.1, -0.05) is 49.4 Å². The summed E-state index contributed by atoms with van der Waals surface area (Å²) in [5, 5.41) is 2.93. The molecular weight excluding hydrogens is 436 g/mol. The Morgan fingerprint density at radius 2 is 1.77 bits per heavy atom. The van der Waals surface area contributed by atoms with Crippen LogP contribution in [0.5, 0.6) is 0 Å². The second kappa shape index (κ2) is 9.50. The summed E-state index contributed by atoms with van der Waals surface area (Å²) < 4.78 is 0. The second-order valence-electron chi connectivity index (χ2n) is 8.69. The van der Waals surface area contributed by atoms with Gasteiger partial charge >= 0.3 is 0 Å². The molecule has 35 heavy (non-hydrogen) atoms. The van der Waals surface area contributed by atoms with E-state index < -0.39 is 0 Å². The van der Waals surface area contributed by atoms with Crippen LogP contribution in [0.1, 0.15) is 39.8 Å². The number of amides is 2. The van der Waals surface area contributed by atoms with Crippen molar-refractivity contribution in [1.82, 2.24) is 15.3 Å². The van der Waals surface area contributed by atoms with Crippen LogP contribution in [0.25, 0.3) is 11.1 Å². The first-order valence-electron chi connectivity index (χ1n) is 11.7. The van der Waals surface area contributed by atoms with E-state index in [0.29, 0.717) is 23.4 Å². The molecule has 0 fully saturated rings. The summed E-state index contributed by atoms with van der Waals surface area (Å²) in [4.78, 5) is 36.4. The van der Waals surface area contributed by atoms with E-state index in [0.717, 1.165) is 34.5 Å². The average molecular weight is 463 g/mol. The molecule has 174 valence electrons. The third-order valence-corrected chi connectivity index (χ3v) is 6.22. The van der Waals surface area contributed by atoms with Crippen molar-refractivity contribution in [2.24, 2.45) is 0 Å². The van der Waals surface area contributed by atoms with E-state index in [1.54, 1.807) is 23.4 Å². The zero-order valence-corrected chi connectivity index (χ0v) is 19.8. The first-order valence-corrected chi connectivity index (χ1v) is 11.7. The van der Waals surface area contributed by atoms with Crippen molar-refractivity contribution in [3.8, 4) is 11.1 Å². The van der Waals surface area contributed by atoms with Crippen LogP contribution in [0, 0.1) is 6.92 Å². The number of nitrogens with zero attached hydrogens (tertiary/aromatic N) is 3. The van der Waals surface area contributed by atoms with Crippen LogP contribution in [-0.4, -0.2) is 21.8 Å². The predicted molar refractivity (Wildman–Crippen MR) is 136 cm³/mol. The van der Waals surface area contributed by atoms with E-state index in [1.807, 2.05) is 43.3 Å². The molecule has 5 rings (SSSR count). The highest BCUT2D eigenvalue weighted by atomic mass is 16.2. The molecule has 0 saturated carbocycles. The minimum atomic E-state index is -0.236. The Bertz CT molecular complexity index is 1400. The van der Waals surface area contributed by atoms with Gasteiger partial charge in [-0.05, 0) is 59.9 Å². The molecule has 3 aromatic carbocycles.